The number of halogens is 1. The molecule has 3 aromatic carbocycles. The van der Waals surface area contributed by atoms with Gasteiger partial charge in [0.15, 0.2) is 43.1 Å². The van der Waals surface area contributed by atoms with Gasteiger partial charge in [0, 0.05) is 33.0 Å². The van der Waals surface area contributed by atoms with Crippen LogP contribution in [-0.2, 0) is 71.3 Å². The number of benzene rings is 3. The van der Waals surface area contributed by atoms with Gasteiger partial charge in [-0.3, -0.25) is 19.2 Å². The third kappa shape index (κ3) is 13.1. The summed E-state index contributed by atoms with van der Waals surface area (Å²) >= 11 is 3.31. The highest BCUT2D eigenvalue weighted by molar-refractivity contribution is 9.09. The zero-order valence-electron chi connectivity index (χ0n) is 34.0. The first kappa shape index (κ1) is 47.3. The zero-order valence-corrected chi connectivity index (χ0v) is 35.6. The number of carbonyl (C=O) groups excluding carboxylic acids is 7. The van der Waals surface area contributed by atoms with Crippen molar-refractivity contribution in [1.82, 2.24) is 0 Å². The predicted octanol–water partition coefficient (Wildman–Crippen LogP) is 3.90. The molecule has 332 valence electrons. The van der Waals surface area contributed by atoms with E-state index in [0.717, 1.165) is 27.7 Å². The molecule has 0 aliphatic carbocycles. The Balaban J connectivity index is 1.66. The Labute approximate surface area is 364 Å². The number of alkyl halides is 1. The second-order valence-corrected chi connectivity index (χ2v) is 14.5. The molecule has 2 saturated heterocycles. The van der Waals surface area contributed by atoms with Crippen LogP contribution in [0.1, 0.15) is 58.8 Å². The van der Waals surface area contributed by atoms with E-state index in [9.17, 15) is 33.6 Å². The predicted molar refractivity (Wildman–Crippen MR) is 213 cm³/mol. The largest absolute Gasteiger partial charge is 0.463 e. The van der Waals surface area contributed by atoms with Crippen molar-refractivity contribution in [2.45, 2.75) is 89.1 Å². The van der Waals surface area contributed by atoms with Gasteiger partial charge in [-0.1, -0.05) is 70.5 Å². The lowest BCUT2D eigenvalue weighted by Crippen LogP contribution is -2.67. The second kappa shape index (κ2) is 22.9. The maximum Gasteiger partial charge on any atom is 0.338 e. The van der Waals surface area contributed by atoms with E-state index in [1.807, 2.05) is 0 Å². The minimum Gasteiger partial charge on any atom is -0.463 e. The summed E-state index contributed by atoms with van der Waals surface area (Å²) in [6.45, 7) is 3.03. The van der Waals surface area contributed by atoms with Crippen LogP contribution in [0.4, 0.5) is 0 Å². The van der Waals surface area contributed by atoms with E-state index >= 15 is 0 Å². The highest BCUT2D eigenvalue weighted by Gasteiger charge is 2.58. The van der Waals surface area contributed by atoms with E-state index < -0.39 is 116 Å². The monoisotopic (exact) mass is 928 g/mol. The number of hydrogen-bond acceptors (Lipinski definition) is 18. The van der Waals surface area contributed by atoms with E-state index in [1.54, 1.807) is 54.6 Å². The Morgan fingerprint density at radius 1 is 0.468 bits per heavy atom. The number of rotatable bonds is 17. The molecule has 2 aliphatic rings. The fraction of sp³-hybridized carbons (Fsp3) is 0.419. The molecule has 2 aliphatic heterocycles. The van der Waals surface area contributed by atoms with Crippen molar-refractivity contribution >= 4 is 57.7 Å². The summed E-state index contributed by atoms with van der Waals surface area (Å²) in [5.74, 6) is -6.05. The molecule has 10 atom stereocenters. The molecule has 0 bridgehead atoms. The highest BCUT2D eigenvalue weighted by Crippen LogP contribution is 2.36. The van der Waals surface area contributed by atoms with Gasteiger partial charge in [0.2, 0.25) is 0 Å². The first-order valence-corrected chi connectivity index (χ1v) is 20.4. The van der Waals surface area contributed by atoms with Gasteiger partial charge in [0.25, 0.3) is 0 Å². The van der Waals surface area contributed by atoms with Crippen LogP contribution >= 0.6 is 15.9 Å². The van der Waals surface area contributed by atoms with Crippen LogP contribution < -0.4 is 0 Å². The summed E-state index contributed by atoms with van der Waals surface area (Å²) in [7, 11) is 0. The van der Waals surface area contributed by atoms with E-state index in [4.69, 9.17) is 52.1 Å². The van der Waals surface area contributed by atoms with Crippen molar-refractivity contribution in [2.24, 2.45) is 0 Å². The average molecular weight is 930 g/mol. The van der Waals surface area contributed by atoms with Gasteiger partial charge in [-0.2, -0.15) is 0 Å². The van der Waals surface area contributed by atoms with Gasteiger partial charge in [-0.05, 0) is 36.4 Å². The van der Waals surface area contributed by atoms with E-state index in [2.05, 4.69) is 15.9 Å². The molecular weight excluding hydrogens is 884 g/mol. The molecule has 5 rings (SSSR count). The van der Waals surface area contributed by atoms with Crippen LogP contribution in [0.25, 0.3) is 0 Å². The zero-order chi connectivity index (χ0) is 44.8. The van der Waals surface area contributed by atoms with Crippen LogP contribution in [0.15, 0.2) is 91.0 Å². The molecule has 0 N–H and O–H groups in total. The molecule has 3 aromatic rings. The molecule has 0 saturated carbocycles. The number of hydrogen-bond donors (Lipinski definition) is 0. The SMILES string of the molecule is CC(=O)OC[C@H]1O[C@H](O[C@@H]2[C@H](OC(=O)c3ccccc3)[C@@H](OC(=O)c3ccccc3)[C@H](OCCBr)O[C@@H]2COC(=O)c2ccccc2)[C@H](OC(C)=O)[C@@H](OC(C)=O)[C@H]1OC(C)=O. The van der Waals surface area contributed by atoms with Crippen molar-refractivity contribution in [2.75, 3.05) is 25.2 Å². The van der Waals surface area contributed by atoms with E-state index in [-0.39, 0.29) is 28.6 Å². The first-order chi connectivity index (χ1) is 29.7. The third-order valence-electron chi connectivity index (χ3n) is 9.08. The normalized spacial score (nSPS) is 25.6. The van der Waals surface area contributed by atoms with Crippen LogP contribution in [0.3, 0.4) is 0 Å². The average Bonchev–Trinajstić information content (AvgIpc) is 3.25. The minimum atomic E-state index is -1.86. The van der Waals surface area contributed by atoms with Crippen molar-refractivity contribution in [1.29, 1.82) is 0 Å². The van der Waals surface area contributed by atoms with Gasteiger partial charge in [-0.15, -0.1) is 0 Å². The topological polar surface area (TPSA) is 221 Å². The Hall–Kier alpha value is -5.73. The molecule has 62 heavy (non-hydrogen) atoms. The Bertz CT molecular complexity index is 2000. The number of esters is 7. The molecule has 0 unspecified atom stereocenters. The lowest BCUT2D eigenvalue weighted by atomic mass is 9.95. The molecule has 19 heteroatoms. The molecule has 18 nitrogen and oxygen atoms in total. The first-order valence-electron chi connectivity index (χ1n) is 19.3. The summed E-state index contributed by atoms with van der Waals surface area (Å²) in [5.41, 5.74) is 0.355. The summed E-state index contributed by atoms with van der Waals surface area (Å²) in [6, 6.07) is 23.6. The van der Waals surface area contributed by atoms with Crippen molar-refractivity contribution < 1.29 is 85.7 Å². The standard InChI is InChI=1S/C43H45BrO18/c1-24(45)53-22-31-33(55-25(2)46)35(56-26(3)47)38(57-27(4)48)43(59-31)62-34-32(23-54-39(49)28-14-8-5-9-15-28)58-42(52-21-20-44)37(61-41(51)30-18-12-7-13-19-30)36(34)60-40(50)29-16-10-6-11-17-29/h5-19,31-38,42-43H,20-23H2,1-4H3/t31-,32-,33+,34+,35+,36+,37-,38-,42-,43-/m1/s1. The number of carbonyl (C=O) groups is 7. The van der Waals surface area contributed by atoms with Crippen LogP contribution in [0.5, 0.6) is 0 Å². The highest BCUT2D eigenvalue weighted by atomic mass is 79.9. The smallest absolute Gasteiger partial charge is 0.338 e. The van der Waals surface area contributed by atoms with E-state index in [0.29, 0.717) is 0 Å². The third-order valence-corrected chi connectivity index (χ3v) is 9.41. The van der Waals surface area contributed by atoms with Gasteiger partial charge >= 0.3 is 41.8 Å². The molecule has 0 radical (unpaired) electrons. The van der Waals surface area contributed by atoms with Crippen LogP contribution in [0.2, 0.25) is 0 Å². The second-order valence-electron chi connectivity index (χ2n) is 13.7. The Morgan fingerprint density at radius 3 is 1.37 bits per heavy atom. The summed E-state index contributed by atoms with van der Waals surface area (Å²) in [5, 5.41) is 0.277. The fourth-order valence-electron chi connectivity index (χ4n) is 6.53. The quantitative estimate of drug-likeness (QED) is 0.106. The molecular formula is C43H45BrO18. The maximum absolute atomic E-state index is 14.0. The lowest BCUT2D eigenvalue weighted by Gasteiger charge is -2.48. The maximum atomic E-state index is 14.0. The Morgan fingerprint density at radius 2 is 0.871 bits per heavy atom. The summed E-state index contributed by atoms with van der Waals surface area (Å²) in [4.78, 5) is 90.9. The van der Waals surface area contributed by atoms with Crippen LogP contribution in [0, 0.1) is 0 Å². The van der Waals surface area contributed by atoms with Gasteiger partial charge in [0.05, 0.1) is 23.3 Å². The fourth-order valence-corrected chi connectivity index (χ4v) is 6.72. The Kier molecular flexibility index (Phi) is 17.5. The number of ether oxygens (including phenoxy) is 11. The lowest BCUT2D eigenvalue weighted by molar-refractivity contribution is -0.358. The van der Waals surface area contributed by atoms with Crippen molar-refractivity contribution in [3.05, 3.63) is 108 Å². The van der Waals surface area contributed by atoms with Gasteiger partial charge in [-0.25, -0.2) is 14.4 Å². The van der Waals surface area contributed by atoms with Crippen LogP contribution in [-0.4, -0.2) is 128 Å². The molecule has 0 aromatic heterocycles. The summed E-state index contributed by atoms with van der Waals surface area (Å²) in [6.07, 6.45) is -16.3. The van der Waals surface area contributed by atoms with Gasteiger partial charge < -0.3 is 52.1 Å². The van der Waals surface area contributed by atoms with E-state index in [1.165, 1.54) is 36.4 Å². The van der Waals surface area contributed by atoms with Crippen molar-refractivity contribution in [3.8, 4) is 0 Å². The van der Waals surface area contributed by atoms with Gasteiger partial charge in [0.1, 0.15) is 31.5 Å². The molecule has 2 heterocycles. The minimum absolute atomic E-state index is 0.0227. The van der Waals surface area contributed by atoms with Crippen molar-refractivity contribution in [3.63, 3.8) is 0 Å². The molecule has 0 spiro atoms. The molecule has 2 fully saturated rings. The summed E-state index contributed by atoms with van der Waals surface area (Å²) < 4.78 is 65.1. The molecule has 0 amide bonds.